The van der Waals surface area contributed by atoms with Crippen molar-refractivity contribution >= 4 is 23.2 Å². The van der Waals surface area contributed by atoms with E-state index in [-0.39, 0.29) is 17.4 Å². The second kappa shape index (κ2) is 9.88. The van der Waals surface area contributed by atoms with E-state index in [4.69, 9.17) is 0 Å². The van der Waals surface area contributed by atoms with E-state index in [1.807, 2.05) is 0 Å². The summed E-state index contributed by atoms with van der Waals surface area (Å²) in [6.07, 6.45) is -4.05. The number of carbonyl (C=O) groups is 2. The Kier molecular flexibility index (Phi) is 6.84. The fourth-order valence-corrected chi connectivity index (χ4v) is 3.63. The first-order valence-corrected chi connectivity index (χ1v) is 10.7. The minimum absolute atomic E-state index is 0.0943. The maximum absolute atomic E-state index is 14.7. The highest BCUT2D eigenvalue weighted by molar-refractivity contribution is 6.11. The molecule has 0 aliphatic heterocycles. The van der Waals surface area contributed by atoms with Gasteiger partial charge in [-0.15, -0.1) is 0 Å². The number of nitrogens with zero attached hydrogens (tertiary/aromatic N) is 2. The maximum Gasteiger partial charge on any atom is 0.419 e. The second-order valence-electron chi connectivity index (χ2n) is 8.01. The van der Waals surface area contributed by atoms with Crippen LogP contribution in [0.25, 0.3) is 0 Å². The van der Waals surface area contributed by atoms with Crippen molar-refractivity contribution in [2.24, 2.45) is 0 Å². The zero-order valence-electron chi connectivity index (χ0n) is 19.0. The van der Waals surface area contributed by atoms with Crippen LogP contribution in [0.3, 0.4) is 0 Å². The summed E-state index contributed by atoms with van der Waals surface area (Å²) in [5, 5.41) is 0. The average Bonchev–Trinajstić information content (AvgIpc) is 2.85. The number of amides is 1. The predicted octanol–water partition coefficient (Wildman–Crippen LogP) is 7.04. The van der Waals surface area contributed by atoms with Gasteiger partial charge in [-0.2, -0.15) is 13.2 Å². The van der Waals surface area contributed by atoms with Crippen LogP contribution in [0.4, 0.5) is 37.8 Å². The Labute approximate surface area is 206 Å². The summed E-state index contributed by atoms with van der Waals surface area (Å²) in [6.45, 7) is 1.80. The molecule has 10 heteroatoms. The summed E-state index contributed by atoms with van der Waals surface area (Å²) in [4.78, 5) is 30.5. The molecule has 0 unspecified atom stereocenters. The van der Waals surface area contributed by atoms with Crippen LogP contribution in [0.15, 0.2) is 79.0 Å². The molecule has 188 valence electrons. The molecule has 4 nitrogen and oxygen atoms in total. The number of aryl methyl sites for hydroxylation is 1. The summed E-state index contributed by atoms with van der Waals surface area (Å²) >= 11 is 0. The second-order valence-corrected chi connectivity index (χ2v) is 8.01. The molecule has 0 radical (unpaired) electrons. The quantitative estimate of drug-likeness (QED) is 0.212. The Morgan fingerprint density at radius 3 is 2.00 bits per heavy atom. The molecule has 0 fully saturated rings. The van der Waals surface area contributed by atoms with Gasteiger partial charge in [0.25, 0.3) is 5.91 Å². The van der Waals surface area contributed by atoms with Gasteiger partial charge in [-0.1, -0.05) is 29.8 Å². The molecule has 1 aromatic heterocycles. The van der Waals surface area contributed by atoms with Crippen LogP contribution in [-0.2, 0) is 6.18 Å². The smallest absolute Gasteiger partial charge is 0.289 e. The van der Waals surface area contributed by atoms with Gasteiger partial charge < -0.3 is 0 Å². The number of para-hydroxylation sites is 1. The van der Waals surface area contributed by atoms with Crippen LogP contribution < -0.4 is 4.90 Å². The molecule has 0 saturated carbocycles. The van der Waals surface area contributed by atoms with Gasteiger partial charge in [-0.25, -0.2) is 18.2 Å². The normalized spacial score (nSPS) is 11.3. The third kappa shape index (κ3) is 5.23. The summed E-state index contributed by atoms with van der Waals surface area (Å²) in [6, 6.07) is 13.3. The minimum atomic E-state index is -5.12. The third-order valence-corrected chi connectivity index (χ3v) is 5.40. The highest BCUT2D eigenvalue weighted by Gasteiger charge is 2.36. The number of pyridine rings is 1. The first kappa shape index (κ1) is 25.6. The Morgan fingerprint density at radius 2 is 1.41 bits per heavy atom. The van der Waals surface area contributed by atoms with E-state index >= 15 is 0 Å². The lowest BCUT2D eigenvalue weighted by Crippen LogP contribution is -2.29. The molecule has 0 aliphatic rings. The SMILES string of the molecule is Cc1cccc(C(=O)c2ccc(N(C(=O)c3ccc(F)c(C(F)(F)F)c3)c3c(F)cccc3F)nc2)c1. The molecule has 1 amide bonds. The molecule has 4 aromatic rings. The van der Waals surface area contributed by atoms with Crippen molar-refractivity contribution in [3.05, 3.63) is 124 Å². The van der Waals surface area contributed by atoms with E-state index in [0.29, 0.717) is 16.5 Å². The Hall–Kier alpha value is -4.47. The van der Waals surface area contributed by atoms with Crippen molar-refractivity contribution in [1.82, 2.24) is 4.98 Å². The number of ketones is 1. The highest BCUT2D eigenvalue weighted by Crippen LogP contribution is 2.35. The Bertz CT molecular complexity index is 1480. The van der Waals surface area contributed by atoms with E-state index < -0.39 is 52.1 Å². The number of benzene rings is 3. The van der Waals surface area contributed by atoms with Crippen LogP contribution in [-0.4, -0.2) is 16.7 Å². The fraction of sp³-hybridized carbons (Fsp3) is 0.0741. The summed E-state index contributed by atoms with van der Waals surface area (Å²) in [5.74, 6) is -6.12. The number of hydrogen-bond acceptors (Lipinski definition) is 3. The minimum Gasteiger partial charge on any atom is -0.289 e. The molecule has 0 saturated heterocycles. The van der Waals surface area contributed by atoms with Crippen LogP contribution in [0.2, 0.25) is 0 Å². The van der Waals surface area contributed by atoms with Crippen molar-refractivity contribution in [3.63, 3.8) is 0 Å². The lowest BCUT2D eigenvalue weighted by molar-refractivity contribution is -0.140. The molecular formula is C27H16F6N2O2. The van der Waals surface area contributed by atoms with Crippen LogP contribution in [0.5, 0.6) is 0 Å². The molecule has 3 aromatic carbocycles. The molecule has 0 N–H and O–H groups in total. The summed E-state index contributed by atoms with van der Waals surface area (Å²) < 4.78 is 82.9. The van der Waals surface area contributed by atoms with Gasteiger partial charge in [0.15, 0.2) is 5.78 Å². The van der Waals surface area contributed by atoms with E-state index in [0.717, 1.165) is 42.1 Å². The standard InChI is InChI=1S/C27H16F6N2O2/c1-15-4-2-5-16(12-15)25(36)18-9-11-23(34-14-18)35(24-21(29)6-3-7-22(24)30)26(37)17-8-10-20(28)19(13-17)27(31,32)33/h2-14H,1H3. The molecule has 0 bridgehead atoms. The lowest BCUT2D eigenvalue weighted by atomic mass is 10.0. The topological polar surface area (TPSA) is 50.3 Å². The molecule has 0 spiro atoms. The zero-order valence-corrected chi connectivity index (χ0v) is 19.0. The number of hydrogen-bond donors (Lipinski definition) is 0. The average molecular weight is 514 g/mol. The molecular weight excluding hydrogens is 498 g/mol. The van der Waals surface area contributed by atoms with Crippen LogP contribution in [0, 0.1) is 24.4 Å². The monoisotopic (exact) mass is 514 g/mol. The van der Waals surface area contributed by atoms with Gasteiger partial charge in [0.1, 0.15) is 29.0 Å². The summed E-state index contributed by atoms with van der Waals surface area (Å²) in [5.41, 5.74) is -2.04. The molecule has 4 rings (SSSR count). The first-order valence-electron chi connectivity index (χ1n) is 10.7. The lowest BCUT2D eigenvalue weighted by Gasteiger charge is -2.23. The van der Waals surface area contributed by atoms with Gasteiger partial charge in [0, 0.05) is 22.9 Å². The maximum atomic E-state index is 14.7. The largest absolute Gasteiger partial charge is 0.419 e. The number of anilines is 2. The van der Waals surface area contributed by atoms with E-state index in [9.17, 15) is 35.9 Å². The number of rotatable bonds is 5. The van der Waals surface area contributed by atoms with Gasteiger partial charge in [-0.05, 0) is 55.5 Å². The van der Waals surface area contributed by atoms with Crippen molar-refractivity contribution in [1.29, 1.82) is 0 Å². The van der Waals surface area contributed by atoms with Crippen LogP contribution in [0.1, 0.15) is 37.4 Å². The van der Waals surface area contributed by atoms with Crippen molar-refractivity contribution in [2.75, 3.05) is 4.90 Å². The van der Waals surface area contributed by atoms with Crippen molar-refractivity contribution in [2.45, 2.75) is 13.1 Å². The van der Waals surface area contributed by atoms with Gasteiger partial charge >= 0.3 is 6.18 Å². The number of halogens is 6. The van der Waals surface area contributed by atoms with E-state index in [1.54, 1.807) is 31.2 Å². The number of aromatic nitrogens is 1. The predicted molar refractivity (Wildman–Crippen MR) is 123 cm³/mol. The molecule has 0 atom stereocenters. The third-order valence-electron chi connectivity index (χ3n) is 5.40. The summed E-state index contributed by atoms with van der Waals surface area (Å²) in [7, 11) is 0. The van der Waals surface area contributed by atoms with Gasteiger partial charge in [0.05, 0.1) is 5.56 Å². The molecule has 1 heterocycles. The van der Waals surface area contributed by atoms with Gasteiger partial charge in [0.2, 0.25) is 0 Å². The zero-order chi connectivity index (χ0) is 26.9. The van der Waals surface area contributed by atoms with E-state index in [1.165, 1.54) is 6.07 Å². The Balaban J connectivity index is 1.81. The van der Waals surface area contributed by atoms with Gasteiger partial charge in [-0.3, -0.25) is 14.5 Å². The molecule has 0 aliphatic carbocycles. The van der Waals surface area contributed by atoms with E-state index in [2.05, 4.69) is 4.98 Å². The van der Waals surface area contributed by atoms with Crippen molar-refractivity contribution < 1.29 is 35.9 Å². The highest BCUT2D eigenvalue weighted by atomic mass is 19.4. The van der Waals surface area contributed by atoms with Crippen molar-refractivity contribution in [3.8, 4) is 0 Å². The molecule has 37 heavy (non-hydrogen) atoms. The Morgan fingerprint density at radius 1 is 0.757 bits per heavy atom. The van der Waals surface area contributed by atoms with Crippen LogP contribution >= 0.6 is 0 Å². The number of carbonyl (C=O) groups excluding carboxylic acids is 2. The number of alkyl halides is 3. The first-order chi connectivity index (χ1) is 17.5. The fourth-order valence-electron chi connectivity index (χ4n) is 3.63.